The van der Waals surface area contributed by atoms with Gasteiger partial charge in [0.25, 0.3) is 5.91 Å². The number of amides is 1. The number of carbonyl (C=O) groups is 1. The van der Waals surface area contributed by atoms with Crippen LogP contribution in [0.15, 0.2) is 66.2 Å². The van der Waals surface area contributed by atoms with E-state index in [0.717, 1.165) is 9.13 Å². The maximum absolute atomic E-state index is 13.7. The molecule has 3 aromatic rings. The second kappa shape index (κ2) is 10.6. The van der Waals surface area contributed by atoms with Gasteiger partial charge in [-0.25, -0.2) is 4.39 Å². The average Bonchev–Trinajstić information content (AvgIpc) is 2.74. The summed E-state index contributed by atoms with van der Waals surface area (Å²) in [6, 6.07) is 18.4. The predicted octanol–water partition coefficient (Wildman–Crippen LogP) is 6.86. The third-order valence-electron chi connectivity index (χ3n) is 4.12. The fourth-order valence-corrected chi connectivity index (χ4v) is 3.58. The Morgan fingerprint density at radius 1 is 1.13 bits per heavy atom. The van der Waals surface area contributed by atoms with Crippen LogP contribution in [0, 0.1) is 20.7 Å². The number of para-hydroxylation sites is 1. The lowest BCUT2D eigenvalue weighted by molar-refractivity contribution is -0.112. The molecule has 0 saturated heterocycles. The Labute approximate surface area is 202 Å². The molecule has 156 valence electrons. The summed E-state index contributed by atoms with van der Waals surface area (Å²) >= 11 is 14.8. The van der Waals surface area contributed by atoms with E-state index in [4.69, 9.17) is 27.9 Å². The van der Waals surface area contributed by atoms with Crippen LogP contribution in [0.3, 0.4) is 0 Å². The van der Waals surface area contributed by atoms with E-state index in [-0.39, 0.29) is 27.9 Å². The summed E-state index contributed by atoms with van der Waals surface area (Å²) < 4.78 is 20.6. The Hall–Kier alpha value is -2.60. The molecule has 0 saturated carbocycles. The van der Waals surface area contributed by atoms with Crippen LogP contribution in [0.2, 0.25) is 10.0 Å². The topological polar surface area (TPSA) is 62.1 Å². The molecule has 1 amide bonds. The number of nitrogens with zero attached hydrogens (tertiary/aromatic N) is 1. The Morgan fingerprint density at radius 3 is 2.39 bits per heavy atom. The summed E-state index contributed by atoms with van der Waals surface area (Å²) in [7, 11) is 0. The number of hydrogen-bond donors (Lipinski definition) is 1. The van der Waals surface area contributed by atoms with Crippen molar-refractivity contribution >= 4 is 63.5 Å². The summed E-state index contributed by atoms with van der Waals surface area (Å²) in [6.45, 7) is 0.278. The number of anilines is 1. The molecule has 0 fully saturated rings. The zero-order valence-electron chi connectivity index (χ0n) is 15.8. The van der Waals surface area contributed by atoms with Crippen molar-refractivity contribution in [1.29, 1.82) is 5.26 Å². The lowest BCUT2D eigenvalue weighted by Gasteiger charge is -2.11. The van der Waals surface area contributed by atoms with Gasteiger partial charge in [0.1, 0.15) is 24.1 Å². The third-order valence-corrected chi connectivity index (χ3v) is 5.40. The molecule has 0 atom stereocenters. The molecule has 0 spiro atoms. The molecule has 3 aromatic carbocycles. The van der Waals surface area contributed by atoms with Gasteiger partial charge in [0, 0.05) is 3.57 Å². The van der Waals surface area contributed by atoms with E-state index >= 15 is 0 Å². The van der Waals surface area contributed by atoms with Crippen molar-refractivity contribution in [2.45, 2.75) is 6.61 Å². The fraction of sp³-hybridized carbons (Fsp3) is 0.0435. The van der Waals surface area contributed by atoms with Crippen LogP contribution in [-0.4, -0.2) is 5.91 Å². The van der Waals surface area contributed by atoms with Crippen molar-refractivity contribution in [3.8, 4) is 11.8 Å². The second-order valence-electron chi connectivity index (χ2n) is 6.33. The van der Waals surface area contributed by atoms with E-state index in [9.17, 15) is 14.4 Å². The van der Waals surface area contributed by atoms with Crippen LogP contribution >= 0.6 is 45.8 Å². The molecule has 0 unspecified atom stereocenters. The summed E-state index contributed by atoms with van der Waals surface area (Å²) in [6.07, 6.45) is 1.32. The maximum Gasteiger partial charge on any atom is 0.266 e. The van der Waals surface area contributed by atoms with Gasteiger partial charge in [-0.3, -0.25) is 4.79 Å². The molecular formula is C23H14Cl2FIN2O2. The lowest BCUT2D eigenvalue weighted by atomic mass is 10.1. The molecule has 0 aromatic heterocycles. The summed E-state index contributed by atoms with van der Waals surface area (Å²) in [4.78, 5) is 12.4. The SMILES string of the molecule is N#C/C(=C/c1cc(Cl)c(OCc2ccc(I)cc2)c(Cl)c1)C(=O)Nc1ccccc1F. The highest BCUT2D eigenvalue weighted by Crippen LogP contribution is 2.35. The first-order valence-electron chi connectivity index (χ1n) is 8.91. The zero-order valence-corrected chi connectivity index (χ0v) is 19.5. The highest BCUT2D eigenvalue weighted by Gasteiger charge is 2.14. The third kappa shape index (κ3) is 6.20. The first-order chi connectivity index (χ1) is 14.9. The molecule has 1 N–H and O–H groups in total. The summed E-state index contributed by atoms with van der Waals surface area (Å²) in [5, 5.41) is 12.2. The normalized spacial score (nSPS) is 11.0. The van der Waals surface area contributed by atoms with E-state index < -0.39 is 11.7 Å². The van der Waals surface area contributed by atoms with Crippen LogP contribution in [0.25, 0.3) is 6.08 Å². The van der Waals surface area contributed by atoms with Crippen molar-refractivity contribution < 1.29 is 13.9 Å². The number of nitrogens with one attached hydrogen (secondary N) is 1. The van der Waals surface area contributed by atoms with Gasteiger partial charge in [0.2, 0.25) is 0 Å². The van der Waals surface area contributed by atoms with Gasteiger partial charge in [0.05, 0.1) is 15.7 Å². The first-order valence-corrected chi connectivity index (χ1v) is 10.7. The van der Waals surface area contributed by atoms with Crippen LogP contribution in [0.1, 0.15) is 11.1 Å². The highest BCUT2D eigenvalue weighted by molar-refractivity contribution is 14.1. The van der Waals surface area contributed by atoms with E-state index in [1.54, 1.807) is 12.1 Å². The van der Waals surface area contributed by atoms with Crippen LogP contribution in [0.5, 0.6) is 5.75 Å². The van der Waals surface area contributed by atoms with E-state index in [2.05, 4.69) is 27.9 Å². The maximum atomic E-state index is 13.7. The molecule has 8 heteroatoms. The average molecular weight is 567 g/mol. The number of rotatable bonds is 6. The van der Waals surface area contributed by atoms with Gasteiger partial charge in [-0.15, -0.1) is 0 Å². The van der Waals surface area contributed by atoms with Crippen molar-refractivity contribution in [3.05, 3.63) is 96.8 Å². The number of halogens is 4. The Kier molecular flexibility index (Phi) is 7.91. The first kappa shape index (κ1) is 23.1. The number of benzene rings is 3. The molecule has 4 nitrogen and oxygen atoms in total. The van der Waals surface area contributed by atoms with Gasteiger partial charge in [-0.1, -0.05) is 47.5 Å². The number of hydrogen-bond acceptors (Lipinski definition) is 3. The monoisotopic (exact) mass is 566 g/mol. The summed E-state index contributed by atoms with van der Waals surface area (Å²) in [5.74, 6) is -1.05. The zero-order chi connectivity index (χ0) is 22.4. The largest absolute Gasteiger partial charge is 0.486 e. The number of ether oxygens (including phenoxy) is 1. The van der Waals surface area contributed by atoms with Crippen molar-refractivity contribution in [2.75, 3.05) is 5.32 Å². The van der Waals surface area contributed by atoms with Gasteiger partial charge < -0.3 is 10.1 Å². The lowest BCUT2D eigenvalue weighted by Crippen LogP contribution is -2.14. The van der Waals surface area contributed by atoms with Crippen LogP contribution in [-0.2, 0) is 11.4 Å². The molecule has 31 heavy (non-hydrogen) atoms. The van der Waals surface area contributed by atoms with Gasteiger partial charge in [-0.05, 0) is 76.2 Å². The standard InChI is InChI=1S/C23H14Cl2FIN2O2/c24-18-10-15(9-16(12-28)23(30)29-21-4-2-1-3-20(21)26)11-19(25)22(18)31-13-14-5-7-17(27)8-6-14/h1-11H,13H2,(H,29,30)/b16-9-. The molecule has 0 heterocycles. The van der Waals surface area contributed by atoms with Crippen molar-refractivity contribution in [3.63, 3.8) is 0 Å². The number of carbonyl (C=O) groups excluding carboxylic acids is 1. The molecule has 0 radical (unpaired) electrons. The number of nitriles is 1. The molecule has 0 aliphatic carbocycles. The van der Waals surface area contributed by atoms with E-state index in [1.165, 1.54) is 36.4 Å². The minimum atomic E-state index is -0.751. The van der Waals surface area contributed by atoms with E-state index in [1.807, 2.05) is 24.3 Å². The Bertz CT molecular complexity index is 1170. The van der Waals surface area contributed by atoms with Gasteiger partial charge >= 0.3 is 0 Å². The minimum Gasteiger partial charge on any atom is -0.486 e. The Morgan fingerprint density at radius 2 is 1.77 bits per heavy atom. The van der Waals surface area contributed by atoms with Crippen molar-refractivity contribution in [2.24, 2.45) is 0 Å². The van der Waals surface area contributed by atoms with Crippen molar-refractivity contribution in [1.82, 2.24) is 0 Å². The minimum absolute atomic E-state index is 0.0240. The van der Waals surface area contributed by atoms with Gasteiger partial charge in [0.15, 0.2) is 5.75 Å². The Balaban J connectivity index is 1.78. The van der Waals surface area contributed by atoms with Gasteiger partial charge in [-0.2, -0.15) is 5.26 Å². The molecular weight excluding hydrogens is 553 g/mol. The quantitative estimate of drug-likeness (QED) is 0.201. The predicted molar refractivity (Wildman–Crippen MR) is 129 cm³/mol. The highest BCUT2D eigenvalue weighted by atomic mass is 127. The van der Waals surface area contributed by atoms with Crippen LogP contribution < -0.4 is 10.1 Å². The smallest absolute Gasteiger partial charge is 0.266 e. The van der Waals surface area contributed by atoms with Crippen LogP contribution in [0.4, 0.5) is 10.1 Å². The second-order valence-corrected chi connectivity index (χ2v) is 8.39. The molecule has 3 rings (SSSR count). The summed E-state index contributed by atoms with van der Waals surface area (Å²) in [5.41, 5.74) is 1.12. The molecule has 0 aliphatic rings. The fourth-order valence-electron chi connectivity index (χ4n) is 2.60. The molecule has 0 bridgehead atoms. The van der Waals surface area contributed by atoms with E-state index in [0.29, 0.717) is 11.3 Å². The molecule has 0 aliphatic heterocycles.